The Labute approximate surface area is 163 Å². The minimum absolute atomic E-state index is 0. The van der Waals surface area contributed by atoms with Crippen molar-refractivity contribution in [2.45, 2.75) is 31.9 Å². The number of esters is 1. The van der Waals surface area contributed by atoms with Crippen LogP contribution < -0.4 is 5.73 Å². The minimum Gasteiger partial charge on any atom is -0.464 e. The average Bonchev–Trinajstić information content (AvgIpc) is 2.58. The van der Waals surface area contributed by atoms with Crippen molar-refractivity contribution in [3.63, 3.8) is 0 Å². The summed E-state index contributed by atoms with van der Waals surface area (Å²) < 4.78 is 18.6. The highest BCUT2D eigenvalue weighted by molar-refractivity contribution is 6.30. The fourth-order valence-electron chi connectivity index (χ4n) is 2.55. The standard InChI is InChI=1S/C19H21ClFNO3.ClH/c1-2-25-19(24)18(23)11-15(22)9-12-3-5-13(6-4-12)16-10-14(20)7-8-17(16)21;/h3-8,10,15,18,23H,2,9,11,22H2,1H3;1H/t15-,18-;/m1./s1. The highest BCUT2D eigenvalue weighted by atomic mass is 35.5. The van der Waals surface area contributed by atoms with Crippen LogP contribution in [0.15, 0.2) is 42.5 Å². The van der Waals surface area contributed by atoms with E-state index in [0.29, 0.717) is 22.6 Å². The van der Waals surface area contributed by atoms with Crippen molar-refractivity contribution >= 4 is 30.0 Å². The van der Waals surface area contributed by atoms with Crippen molar-refractivity contribution in [2.24, 2.45) is 5.73 Å². The Bertz CT molecular complexity index is 725. The lowest BCUT2D eigenvalue weighted by Gasteiger charge is -2.16. The van der Waals surface area contributed by atoms with Crippen LogP contribution in [0.3, 0.4) is 0 Å². The quantitative estimate of drug-likeness (QED) is 0.692. The first-order chi connectivity index (χ1) is 11.9. The summed E-state index contributed by atoms with van der Waals surface area (Å²) in [7, 11) is 0. The highest BCUT2D eigenvalue weighted by Gasteiger charge is 2.19. The lowest BCUT2D eigenvalue weighted by atomic mass is 9.98. The topological polar surface area (TPSA) is 72.5 Å². The van der Waals surface area contributed by atoms with Gasteiger partial charge in [-0.05, 0) is 49.1 Å². The van der Waals surface area contributed by atoms with Crippen LogP contribution in [0.25, 0.3) is 11.1 Å². The molecular formula is C19H22Cl2FNO3. The Balaban J connectivity index is 0.00000338. The predicted octanol–water partition coefficient (Wildman–Crippen LogP) is 3.75. The first-order valence-corrected chi connectivity index (χ1v) is 8.43. The van der Waals surface area contributed by atoms with Crippen molar-refractivity contribution in [3.05, 3.63) is 58.9 Å². The monoisotopic (exact) mass is 401 g/mol. The van der Waals surface area contributed by atoms with Crippen molar-refractivity contribution in [1.82, 2.24) is 0 Å². The molecular weight excluding hydrogens is 380 g/mol. The van der Waals surface area contributed by atoms with Gasteiger partial charge in [0, 0.05) is 16.6 Å². The zero-order chi connectivity index (χ0) is 18.4. The number of nitrogens with two attached hydrogens (primary N) is 1. The molecule has 2 aromatic rings. The lowest BCUT2D eigenvalue weighted by Crippen LogP contribution is -2.33. The Morgan fingerprint density at radius 2 is 1.92 bits per heavy atom. The molecule has 0 aliphatic rings. The van der Waals surface area contributed by atoms with Gasteiger partial charge in [0.1, 0.15) is 5.82 Å². The van der Waals surface area contributed by atoms with Gasteiger partial charge in [0.25, 0.3) is 0 Å². The zero-order valence-electron chi connectivity index (χ0n) is 14.3. The number of hydrogen-bond acceptors (Lipinski definition) is 4. The summed E-state index contributed by atoms with van der Waals surface area (Å²) in [5.74, 6) is -1.00. The van der Waals surface area contributed by atoms with Gasteiger partial charge in [0.15, 0.2) is 6.10 Å². The number of carbonyl (C=O) groups excluding carboxylic acids is 1. The normalized spacial score (nSPS) is 12.8. The van der Waals surface area contributed by atoms with Crippen molar-refractivity contribution in [1.29, 1.82) is 0 Å². The van der Waals surface area contributed by atoms with Crippen LogP contribution in [0.4, 0.5) is 4.39 Å². The molecule has 7 heteroatoms. The summed E-state index contributed by atoms with van der Waals surface area (Å²) in [4.78, 5) is 11.4. The molecule has 3 N–H and O–H groups in total. The van der Waals surface area contributed by atoms with Gasteiger partial charge in [-0.25, -0.2) is 9.18 Å². The van der Waals surface area contributed by atoms with Crippen molar-refractivity contribution < 1.29 is 19.0 Å². The van der Waals surface area contributed by atoms with Crippen LogP contribution in [-0.2, 0) is 16.0 Å². The SMILES string of the molecule is CCOC(=O)[C@H](O)C[C@H](N)Cc1ccc(-c2cc(Cl)ccc2F)cc1.Cl. The number of carbonyl (C=O) groups is 1. The molecule has 0 heterocycles. The maximum Gasteiger partial charge on any atom is 0.335 e. The van der Waals surface area contributed by atoms with Gasteiger partial charge in [-0.2, -0.15) is 0 Å². The Morgan fingerprint density at radius 1 is 1.27 bits per heavy atom. The fourth-order valence-corrected chi connectivity index (χ4v) is 2.72. The summed E-state index contributed by atoms with van der Waals surface area (Å²) in [5, 5.41) is 10.2. The van der Waals surface area contributed by atoms with E-state index < -0.39 is 18.1 Å². The van der Waals surface area contributed by atoms with Crippen LogP contribution in [0, 0.1) is 5.82 Å². The van der Waals surface area contributed by atoms with E-state index in [2.05, 4.69) is 0 Å². The van der Waals surface area contributed by atoms with E-state index in [9.17, 15) is 14.3 Å². The van der Waals surface area contributed by atoms with E-state index in [1.165, 1.54) is 12.1 Å². The molecule has 0 aliphatic carbocycles. The molecule has 4 nitrogen and oxygen atoms in total. The highest BCUT2D eigenvalue weighted by Crippen LogP contribution is 2.26. The minimum atomic E-state index is -1.23. The Morgan fingerprint density at radius 3 is 2.54 bits per heavy atom. The molecule has 26 heavy (non-hydrogen) atoms. The molecule has 0 saturated carbocycles. The predicted molar refractivity (Wildman–Crippen MR) is 103 cm³/mol. The van der Waals surface area contributed by atoms with Crippen LogP contribution in [0.2, 0.25) is 5.02 Å². The molecule has 0 spiro atoms. The summed E-state index contributed by atoms with van der Waals surface area (Å²) >= 11 is 5.92. The Kier molecular flexibility index (Phi) is 9.02. The summed E-state index contributed by atoms with van der Waals surface area (Å²) in [6.45, 7) is 1.89. The van der Waals surface area contributed by atoms with Gasteiger partial charge < -0.3 is 15.6 Å². The number of aliphatic hydroxyl groups excluding tert-OH is 1. The molecule has 0 saturated heterocycles. The van der Waals surface area contributed by atoms with E-state index in [0.717, 1.165) is 5.56 Å². The summed E-state index contributed by atoms with van der Waals surface area (Å²) in [6.07, 6.45) is -0.632. The zero-order valence-corrected chi connectivity index (χ0v) is 15.9. The van der Waals surface area contributed by atoms with Crippen LogP contribution >= 0.6 is 24.0 Å². The van der Waals surface area contributed by atoms with Gasteiger partial charge >= 0.3 is 5.97 Å². The van der Waals surface area contributed by atoms with Gasteiger partial charge in [0.2, 0.25) is 0 Å². The average molecular weight is 402 g/mol. The summed E-state index contributed by atoms with van der Waals surface area (Å²) in [5.41, 5.74) is 8.06. The molecule has 2 atom stereocenters. The number of halogens is 3. The first-order valence-electron chi connectivity index (χ1n) is 8.05. The lowest BCUT2D eigenvalue weighted by molar-refractivity contribution is -0.153. The fraction of sp³-hybridized carbons (Fsp3) is 0.316. The largest absolute Gasteiger partial charge is 0.464 e. The van der Waals surface area contributed by atoms with Crippen molar-refractivity contribution in [2.75, 3.05) is 6.61 Å². The molecule has 142 valence electrons. The molecule has 0 fully saturated rings. The molecule has 0 bridgehead atoms. The van der Waals surface area contributed by atoms with E-state index in [-0.39, 0.29) is 31.3 Å². The molecule has 0 aliphatic heterocycles. The second kappa shape index (κ2) is 10.5. The maximum absolute atomic E-state index is 13.9. The third-order valence-electron chi connectivity index (χ3n) is 3.78. The van der Waals surface area contributed by atoms with Crippen molar-refractivity contribution in [3.8, 4) is 11.1 Å². The van der Waals surface area contributed by atoms with Crippen LogP contribution in [0.1, 0.15) is 18.9 Å². The second-order valence-corrected chi connectivity index (χ2v) is 6.23. The van der Waals surface area contributed by atoms with Crippen LogP contribution in [-0.4, -0.2) is 29.8 Å². The van der Waals surface area contributed by atoms with Gasteiger partial charge in [0.05, 0.1) is 6.61 Å². The molecule has 0 aromatic heterocycles. The number of ether oxygens (including phenoxy) is 1. The Hall–Kier alpha value is -1.66. The first kappa shape index (κ1) is 22.4. The molecule has 0 amide bonds. The van der Waals surface area contributed by atoms with E-state index in [1.807, 2.05) is 12.1 Å². The molecule has 0 unspecified atom stereocenters. The molecule has 2 aromatic carbocycles. The third-order valence-corrected chi connectivity index (χ3v) is 4.01. The second-order valence-electron chi connectivity index (χ2n) is 5.79. The molecule has 0 radical (unpaired) electrons. The number of benzene rings is 2. The van der Waals surface area contributed by atoms with Crippen LogP contribution in [0.5, 0.6) is 0 Å². The molecule has 2 rings (SSSR count). The smallest absolute Gasteiger partial charge is 0.335 e. The van der Waals surface area contributed by atoms with Gasteiger partial charge in [-0.15, -0.1) is 12.4 Å². The maximum atomic E-state index is 13.9. The number of rotatable bonds is 7. The number of hydrogen-bond donors (Lipinski definition) is 2. The van der Waals surface area contributed by atoms with Gasteiger partial charge in [-0.1, -0.05) is 35.9 Å². The summed E-state index contributed by atoms with van der Waals surface area (Å²) in [6, 6.07) is 11.3. The van der Waals surface area contributed by atoms with E-state index >= 15 is 0 Å². The third kappa shape index (κ3) is 6.25. The number of aliphatic hydroxyl groups is 1. The van der Waals surface area contributed by atoms with E-state index in [4.69, 9.17) is 22.1 Å². The van der Waals surface area contributed by atoms with E-state index in [1.54, 1.807) is 25.1 Å². The van der Waals surface area contributed by atoms with Gasteiger partial charge in [-0.3, -0.25) is 0 Å².